The Kier molecular flexibility index (Phi) is 5.32. The number of rotatable bonds is 3. The Morgan fingerprint density at radius 1 is 1.08 bits per heavy atom. The van der Waals surface area contributed by atoms with Crippen LogP contribution in [0.25, 0.3) is 0 Å². The summed E-state index contributed by atoms with van der Waals surface area (Å²) in [5, 5.41) is 3.54. The molecule has 1 aliphatic carbocycles. The third-order valence-electron chi connectivity index (χ3n) is 6.55. The zero-order valence-electron chi connectivity index (χ0n) is 16.2. The molecule has 1 spiro atoms. The molecule has 4 rings (SSSR count). The maximum absolute atomic E-state index is 4.72. The van der Waals surface area contributed by atoms with Gasteiger partial charge in [0.25, 0.3) is 0 Å². The first-order valence-corrected chi connectivity index (χ1v) is 10.4. The Hall–Kier alpha value is -1.78. The normalized spacial score (nSPS) is 23.0. The molecule has 0 atom stereocenters. The van der Waals surface area contributed by atoms with Crippen molar-refractivity contribution in [1.29, 1.82) is 0 Å². The first-order valence-electron chi connectivity index (χ1n) is 10.4. The molecule has 26 heavy (non-hydrogen) atoms. The smallest absolute Gasteiger partial charge is 0.193 e. The summed E-state index contributed by atoms with van der Waals surface area (Å²) in [7, 11) is 1.90. The molecule has 142 valence electrons. The predicted molar refractivity (Wildman–Crippen MR) is 108 cm³/mol. The van der Waals surface area contributed by atoms with Gasteiger partial charge in [-0.1, -0.05) is 25.3 Å². The summed E-state index contributed by atoms with van der Waals surface area (Å²) in [4.78, 5) is 14.1. The Balaban J connectivity index is 1.31. The second-order valence-corrected chi connectivity index (χ2v) is 8.35. The molecular formula is C21H33N5. The number of guanidine groups is 1. The van der Waals surface area contributed by atoms with Crippen LogP contribution in [-0.4, -0.2) is 49.1 Å². The van der Waals surface area contributed by atoms with E-state index in [1.54, 1.807) is 0 Å². The molecule has 1 aromatic heterocycles. The summed E-state index contributed by atoms with van der Waals surface area (Å²) in [5.74, 6) is 2.18. The molecule has 3 heterocycles. The average Bonchev–Trinajstić information content (AvgIpc) is 2.93. The molecule has 0 radical (unpaired) electrons. The van der Waals surface area contributed by atoms with Crippen molar-refractivity contribution < 1.29 is 0 Å². The number of hydrogen-bond acceptors (Lipinski definition) is 3. The summed E-state index contributed by atoms with van der Waals surface area (Å²) in [6, 6.07) is 4.40. The molecule has 1 N–H and O–H groups in total. The maximum atomic E-state index is 4.72. The lowest BCUT2D eigenvalue weighted by atomic mass is 9.68. The van der Waals surface area contributed by atoms with Crippen LogP contribution < -0.4 is 10.2 Å². The fourth-order valence-corrected chi connectivity index (χ4v) is 4.72. The standard InChI is InChI=1S/C21H33N5/c1-22-20(26-14-11-21(17-26)9-6-10-21)24-16-18-7-8-19(23-15-18)25-12-4-2-3-5-13-25/h7-8,15H,2-6,9-14,16-17H2,1H3,(H,22,24). The van der Waals surface area contributed by atoms with Crippen LogP contribution in [0, 0.1) is 5.41 Å². The number of aromatic nitrogens is 1. The van der Waals surface area contributed by atoms with Gasteiger partial charge >= 0.3 is 0 Å². The minimum Gasteiger partial charge on any atom is -0.357 e. The van der Waals surface area contributed by atoms with Crippen LogP contribution in [0.4, 0.5) is 5.82 Å². The van der Waals surface area contributed by atoms with Gasteiger partial charge in [-0.25, -0.2) is 4.98 Å². The van der Waals surface area contributed by atoms with Gasteiger partial charge in [0.15, 0.2) is 5.96 Å². The molecule has 3 aliphatic rings. The molecule has 2 aliphatic heterocycles. The van der Waals surface area contributed by atoms with Crippen molar-refractivity contribution in [2.24, 2.45) is 10.4 Å². The van der Waals surface area contributed by atoms with Gasteiger partial charge in [-0.05, 0) is 49.1 Å². The molecule has 0 aromatic carbocycles. The van der Waals surface area contributed by atoms with E-state index in [4.69, 9.17) is 4.98 Å². The van der Waals surface area contributed by atoms with Gasteiger partial charge in [-0.3, -0.25) is 4.99 Å². The minimum absolute atomic E-state index is 0.605. The van der Waals surface area contributed by atoms with Crippen LogP contribution in [0.3, 0.4) is 0 Å². The van der Waals surface area contributed by atoms with Crippen LogP contribution in [-0.2, 0) is 6.54 Å². The number of pyridine rings is 1. The summed E-state index contributed by atoms with van der Waals surface area (Å²) < 4.78 is 0. The second kappa shape index (κ2) is 7.85. The first kappa shape index (κ1) is 17.6. The van der Waals surface area contributed by atoms with Gasteiger partial charge in [0.05, 0.1) is 0 Å². The van der Waals surface area contributed by atoms with Gasteiger partial charge in [-0.15, -0.1) is 0 Å². The molecule has 1 saturated carbocycles. The summed E-state index contributed by atoms with van der Waals surface area (Å²) in [5.41, 5.74) is 1.83. The highest BCUT2D eigenvalue weighted by molar-refractivity contribution is 5.80. The zero-order chi connectivity index (χ0) is 17.8. The highest BCUT2D eigenvalue weighted by Gasteiger charge is 2.43. The molecule has 0 unspecified atom stereocenters. The lowest BCUT2D eigenvalue weighted by molar-refractivity contribution is 0.151. The van der Waals surface area contributed by atoms with E-state index < -0.39 is 0 Å². The average molecular weight is 356 g/mol. The van der Waals surface area contributed by atoms with E-state index in [2.05, 4.69) is 32.2 Å². The molecule has 0 amide bonds. The number of likely N-dealkylation sites (tertiary alicyclic amines) is 1. The maximum Gasteiger partial charge on any atom is 0.193 e. The molecule has 3 fully saturated rings. The van der Waals surface area contributed by atoms with E-state index in [1.165, 1.54) is 63.5 Å². The third-order valence-corrected chi connectivity index (χ3v) is 6.55. The molecule has 5 heteroatoms. The van der Waals surface area contributed by atoms with Gasteiger partial charge in [0.2, 0.25) is 0 Å². The minimum atomic E-state index is 0.605. The second-order valence-electron chi connectivity index (χ2n) is 8.35. The van der Waals surface area contributed by atoms with E-state index in [-0.39, 0.29) is 0 Å². The zero-order valence-corrected chi connectivity index (χ0v) is 16.2. The predicted octanol–water partition coefficient (Wildman–Crippen LogP) is 3.41. The monoisotopic (exact) mass is 355 g/mol. The molecule has 1 aromatic rings. The topological polar surface area (TPSA) is 43.8 Å². The van der Waals surface area contributed by atoms with Gasteiger partial charge in [-0.2, -0.15) is 0 Å². The largest absolute Gasteiger partial charge is 0.357 e. The Labute approximate surface area is 157 Å². The third kappa shape index (κ3) is 3.81. The van der Waals surface area contributed by atoms with Gasteiger partial charge < -0.3 is 15.1 Å². The van der Waals surface area contributed by atoms with Crippen LogP contribution in [0.1, 0.15) is 56.9 Å². The highest BCUT2D eigenvalue weighted by Crippen LogP contribution is 2.47. The quantitative estimate of drug-likeness (QED) is 0.666. The molecule has 2 saturated heterocycles. The number of aliphatic imine (C=N–C) groups is 1. The molecule has 5 nitrogen and oxygen atoms in total. The first-order chi connectivity index (χ1) is 12.8. The summed E-state index contributed by atoms with van der Waals surface area (Å²) >= 11 is 0. The van der Waals surface area contributed by atoms with E-state index in [0.29, 0.717) is 5.41 Å². The van der Waals surface area contributed by atoms with Crippen molar-refractivity contribution in [3.05, 3.63) is 23.9 Å². The Morgan fingerprint density at radius 3 is 2.46 bits per heavy atom. The number of hydrogen-bond donors (Lipinski definition) is 1. The lowest BCUT2D eigenvalue weighted by Gasteiger charge is -2.38. The highest BCUT2D eigenvalue weighted by atomic mass is 15.3. The number of anilines is 1. The van der Waals surface area contributed by atoms with Crippen molar-refractivity contribution >= 4 is 11.8 Å². The fourth-order valence-electron chi connectivity index (χ4n) is 4.72. The van der Waals surface area contributed by atoms with Crippen LogP contribution >= 0.6 is 0 Å². The number of nitrogens with one attached hydrogen (secondary N) is 1. The van der Waals surface area contributed by atoms with Gasteiger partial charge in [0.1, 0.15) is 5.82 Å². The Morgan fingerprint density at radius 2 is 1.88 bits per heavy atom. The lowest BCUT2D eigenvalue weighted by Crippen LogP contribution is -2.42. The summed E-state index contributed by atoms with van der Waals surface area (Å²) in [6.45, 7) is 5.41. The molecule has 0 bridgehead atoms. The van der Waals surface area contributed by atoms with Crippen molar-refractivity contribution in [2.45, 2.75) is 57.9 Å². The SMILES string of the molecule is CN=C(NCc1ccc(N2CCCCCC2)nc1)N1CCC2(CCC2)C1. The Bertz CT molecular complexity index is 612. The molecular weight excluding hydrogens is 322 g/mol. The van der Waals surface area contributed by atoms with E-state index in [1.807, 2.05) is 13.2 Å². The van der Waals surface area contributed by atoms with Crippen LogP contribution in [0.2, 0.25) is 0 Å². The number of nitrogens with zero attached hydrogens (tertiary/aromatic N) is 4. The van der Waals surface area contributed by atoms with Crippen molar-refractivity contribution in [3.63, 3.8) is 0 Å². The van der Waals surface area contributed by atoms with Crippen LogP contribution in [0.5, 0.6) is 0 Å². The van der Waals surface area contributed by atoms with E-state index in [9.17, 15) is 0 Å². The van der Waals surface area contributed by atoms with Crippen LogP contribution in [0.15, 0.2) is 23.3 Å². The van der Waals surface area contributed by atoms with Crippen molar-refractivity contribution in [2.75, 3.05) is 38.1 Å². The summed E-state index contributed by atoms with van der Waals surface area (Å²) in [6.07, 6.45) is 12.9. The van der Waals surface area contributed by atoms with E-state index in [0.717, 1.165) is 38.0 Å². The van der Waals surface area contributed by atoms with Crippen molar-refractivity contribution in [1.82, 2.24) is 15.2 Å². The fraction of sp³-hybridized carbons (Fsp3) is 0.714. The van der Waals surface area contributed by atoms with Gasteiger partial charge in [0, 0.05) is 46.0 Å². The van der Waals surface area contributed by atoms with Crippen molar-refractivity contribution in [3.8, 4) is 0 Å². The van der Waals surface area contributed by atoms with E-state index >= 15 is 0 Å².